The normalized spacial score (nSPS) is 14.5. The lowest BCUT2D eigenvalue weighted by molar-refractivity contribution is -0.120. The lowest BCUT2D eigenvalue weighted by atomic mass is 9.83. The fourth-order valence-electron chi connectivity index (χ4n) is 3.52. The number of amides is 2. The van der Waals surface area contributed by atoms with Gasteiger partial charge in [-0.25, -0.2) is 4.79 Å². The van der Waals surface area contributed by atoms with E-state index in [0.717, 1.165) is 5.56 Å². The summed E-state index contributed by atoms with van der Waals surface area (Å²) >= 11 is 0. The van der Waals surface area contributed by atoms with Crippen molar-refractivity contribution in [2.45, 2.75) is 32.2 Å². The summed E-state index contributed by atoms with van der Waals surface area (Å²) in [5.41, 5.74) is -0.600. The highest BCUT2D eigenvalue weighted by Crippen LogP contribution is 2.42. The van der Waals surface area contributed by atoms with Crippen LogP contribution in [-0.4, -0.2) is 30.6 Å². The maximum atomic E-state index is 13.4. The monoisotopic (exact) mass is 394 g/mol. The first-order valence-electron chi connectivity index (χ1n) is 9.23. The first-order chi connectivity index (χ1) is 13.7. The van der Waals surface area contributed by atoms with Gasteiger partial charge in [-0.1, -0.05) is 50.2 Å². The van der Waals surface area contributed by atoms with E-state index in [-0.39, 0.29) is 28.4 Å². The largest absolute Gasteiger partial charge is 0.412 e. The Morgan fingerprint density at radius 3 is 2.07 bits per heavy atom. The predicted octanol–water partition coefficient (Wildman–Crippen LogP) is 2.94. The minimum absolute atomic E-state index is 0.0406. The van der Waals surface area contributed by atoms with Gasteiger partial charge in [-0.15, -0.1) is 0 Å². The van der Waals surface area contributed by atoms with E-state index in [4.69, 9.17) is 4.74 Å². The molecule has 29 heavy (non-hydrogen) atoms. The third-order valence-corrected chi connectivity index (χ3v) is 4.94. The molecule has 7 nitrogen and oxygen atoms in total. The topological polar surface area (TPSA) is 102 Å². The van der Waals surface area contributed by atoms with E-state index in [1.54, 1.807) is 42.5 Å². The lowest BCUT2D eigenvalue weighted by Gasteiger charge is -2.29. The van der Waals surface area contributed by atoms with Crippen LogP contribution in [0.5, 0.6) is 5.75 Å². The highest BCUT2D eigenvalue weighted by Gasteiger charge is 2.56. The van der Waals surface area contributed by atoms with Crippen LogP contribution >= 0.6 is 0 Å². The van der Waals surface area contributed by atoms with E-state index in [1.807, 2.05) is 13.8 Å². The van der Waals surface area contributed by atoms with Crippen LogP contribution in [0.1, 0.15) is 58.5 Å². The molecule has 3 rings (SSSR count). The van der Waals surface area contributed by atoms with Crippen LogP contribution in [0.15, 0.2) is 42.5 Å². The van der Waals surface area contributed by atoms with Crippen molar-refractivity contribution in [3.05, 3.63) is 64.7 Å². The first kappa shape index (κ1) is 20.3. The molecule has 150 valence electrons. The summed E-state index contributed by atoms with van der Waals surface area (Å²) < 4.78 is 5.39. The Morgan fingerprint density at radius 1 is 1.00 bits per heavy atom. The van der Waals surface area contributed by atoms with Crippen molar-refractivity contribution in [3.63, 3.8) is 0 Å². The van der Waals surface area contributed by atoms with Crippen LogP contribution in [0.4, 0.5) is 4.79 Å². The smallest absolute Gasteiger partial charge is 0.410 e. The molecular formula is C22H22N2O5. The number of ether oxygens (including phenoxy) is 1. The number of benzene rings is 2. The molecule has 0 unspecified atom stereocenters. The molecule has 0 saturated heterocycles. The average Bonchev–Trinajstić information content (AvgIpc) is 2.90. The van der Waals surface area contributed by atoms with Gasteiger partial charge in [0.25, 0.3) is 0 Å². The van der Waals surface area contributed by atoms with E-state index in [0.29, 0.717) is 0 Å². The molecule has 0 radical (unpaired) electrons. The summed E-state index contributed by atoms with van der Waals surface area (Å²) in [7, 11) is 1.40. The molecule has 2 N–H and O–H groups in total. The fraction of sp³-hybridized carbons (Fsp3) is 0.273. The quantitative estimate of drug-likeness (QED) is 0.777. The van der Waals surface area contributed by atoms with Crippen molar-refractivity contribution in [2.24, 2.45) is 0 Å². The molecular weight excluding hydrogens is 372 g/mol. The van der Waals surface area contributed by atoms with Crippen LogP contribution in [0.3, 0.4) is 0 Å². The Hall–Kier alpha value is -3.48. The molecule has 0 aliphatic heterocycles. The fourth-order valence-corrected chi connectivity index (χ4v) is 3.52. The summed E-state index contributed by atoms with van der Waals surface area (Å²) in [5, 5.41) is 4.90. The highest BCUT2D eigenvalue weighted by molar-refractivity contribution is 6.34. The molecule has 0 spiro atoms. The van der Waals surface area contributed by atoms with Gasteiger partial charge in [0.1, 0.15) is 5.75 Å². The number of ketones is 2. The molecule has 0 bridgehead atoms. The van der Waals surface area contributed by atoms with Crippen LogP contribution in [0.25, 0.3) is 0 Å². The van der Waals surface area contributed by atoms with E-state index in [9.17, 15) is 19.2 Å². The number of Topliss-reactive ketones (excluding diaryl/α,β-unsaturated/α-hetero) is 2. The highest BCUT2D eigenvalue weighted by atomic mass is 16.6. The van der Waals surface area contributed by atoms with Crippen LogP contribution in [-0.2, 0) is 10.3 Å². The third-order valence-electron chi connectivity index (χ3n) is 4.94. The molecule has 2 aromatic carbocycles. The van der Waals surface area contributed by atoms with Crippen molar-refractivity contribution in [1.82, 2.24) is 10.6 Å². The molecule has 2 amide bonds. The molecule has 1 aliphatic carbocycles. The zero-order chi connectivity index (χ0) is 21.3. The second-order valence-corrected chi connectivity index (χ2v) is 7.18. The Labute approximate surface area is 168 Å². The summed E-state index contributed by atoms with van der Waals surface area (Å²) in [6, 6.07) is 11.3. The van der Waals surface area contributed by atoms with Crippen molar-refractivity contribution < 1.29 is 23.9 Å². The lowest BCUT2D eigenvalue weighted by Crippen LogP contribution is -2.53. The Balaban J connectivity index is 2.29. The van der Waals surface area contributed by atoms with Crippen LogP contribution in [0, 0.1) is 0 Å². The predicted molar refractivity (Wildman–Crippen MR) is 106 cm³/mol. The molecule has 0 fully saturated rings. The SMILES string of the molecule is CNC(=O)Oc1cc(C(C)C)ccc1C1(NC(C)=O)C(=O)c2ccccc2C1=O. The molecule has 2 aromatic rings. The number of nitrogens with one attached hydrogen (secondary N) is 2. The van der Waals surface area contributed by atoms with Gasteiger partial charge in [0.05, 0.1) is 0 Å². The molecule has 0 heterocycles. The van der Waals surface area contributed by atoms with Gasteiger partial charge in [-0.05, 0) is 17.5 Å². The number of hydrogen-bond acceptors (Lipinski definition) is 5. The van der Waals surface area contributed by atoms with Gasteiger partial charge in [0, 0.05) is 30.7 Å². The van der Waals surface area contributed by atoms with Gasteiger partial charge < -0.3 is 15.4 Å². The Kier molecular flexibility index (Phi) is 5.24. The Morgan fingerprint density at radius 2 is 1.59 bits per heavy atom. The van der Waals surface area contributed by atoms with Crippen molar-refractivity contribution in [3.8, 4) is 5.75 Å². The standard InChI is InChI=1S/C22H22N2O5/c1-12(2)14-9-10-17(18(11-14)29-21(28)23-4)22(24-13(3)25)19(26)15-7-5-6-8-16(15)20(22)27/h5-12H,1-4H3,(H,23,28)(H,24,25). The second kappa shape index (κ2) is 7.50. The number of fused-ring (bicyclic) bond motifs is 1. The number of carbonyl (C=O) groups excluding carboxylic acids is 4. The molecule has 0 atom stereocenters. The second-order valence-electron chi connectivity index (χ2n) is 7.18. The summed E-state index contributed by atoms with van der Waals surface area (Å²) in [5.74, 6) is -1.53. The van der Waals surface area contributed by atoms with Crippen LogP contribution < -0.4 is 15.4 Å². The summed E-state index contributed by atoms with van der Waals surface area (Å²) in [6.45, 7) is 5.15. The Bertz CT molecular complexity index is 991. The summed E-state index contributed by atoms with van der Waals surface area (Å²) in [6.07, 6.45) is -0.749. The molecule has 1 aliphatic rings. The maximum Gasteiger partial charge on any atom is 0.412 e. The van der Waals surface area contributed by atoms with Gasteiger partial charge in [-0.3, -0.25) is 14.4 Å². The van der Waals surface area contributed by atoms with Crippen molar-refractivity contribution in [1.29, 1.82) is 0 Å². The zero-order valence-corrected chi connectivity index (χ0v) is 16.7. The molecule has 0 saturated carbocycles. The average molecular weight is 394 g/mol. The van der Waals surface area contributed by atoms with E-state index in [1.165, 1.54) is 14.0 Å². The van der Waals surface area contributed by atoms with Crippen molar-refractivity contribution in [2.75, 3.05) is 7.05 Å². The van der Waals surface area contributed by atoms with Gasteiger partial charge in [-0.2, -0.15) is 0 Å². The van der Waals surface area contributed by atoms with Gasteiger partial charge >= 0.3 is 6.09 Å². The van der Waals surface area contributed by atoms with E-state index in [2.05, 4.69) is 10.6 Å². The molecule has 7 heteroatoms. The zero-order valence-electron chi connectivity index (χ0n) is 16.7. The molecule has 0 aromatic heterocycles. The maximum absolute atomic E-state index is 13.4. The van der Waals surface area contributed by atoms with Crippen molar-refractivity contribution >= 4 is 23.6 Å². The van der Waals surface area contributed by atoms with Gasteiger partial charge in [0.2, 0.25) is 17.5 Å². The third kappa shape index (κ3) is 3.29. The number of rotatable bonds is 4. The number of hydrogen-bond donors (Lipinski definition) is 2. The van der Waals surface area contributed by atoms with Gasteiger partial charge in [0.15, 0.2) is 5.54 Å². The van der Waals surface area contributed by atoms with E-state index < -0.39 is 29.1 Å². The first-order valence-corrected chi connectivity index (χ1v) is 9.23. The summed E-state index contributed by atoms with van der Waals surface area (Å²) in [4.78, 5) is 50.8. The minimum Gasteiger partial charge on any atom is -0.410 e. The number of carbonyl (C=O) groups is 4. The van der Waals surface area contributed by atoms with E-state index >= 15 is 0 Å². The minimum atomic E-state index is -1.99. The van der Waals surface area contributed by atoms with Crippen LogP contribution in [0.2, 0.25) is 0 Å².